The van der Waals surface area contributed by atoms with Crippen molar-refractivity contribution in [1.29, 1.82) is 0 Å². The Morgan fingerprint density at radius 1 is 1.07 bits per heavy atom. The summed E-state index contributed by atoms with van der Waals surface area (Å²) in [5, 5.41) is 4.80. The van der Waals surface area contributed by atoms with Crippen molar-refractivity contribution in [2.24, 2.45) is 0 Å². The van der Waals surface area contributed by atoms with Gasteiger partial charge in [-0.2, -0.15) is 0 Å². The van der Waals surface area contributed by atoms with Crippen molar-refractivity contribution >= 4 is 35.2 Å². The average Bonchev–Trinajstić information content (AvgIpc) is 2.70. The predicted octanol–water partition coefficient (Wildman–Crippen LogP) is 3.87. The third-order valence-electron chi connectivity index (χ3n) is 4.11. The number of carbonyl (C=O) groups excluding carboxylic acids is 3. The Balaban J connectivity index is 1.92. The van der Waals surface area contributed by atoms with Gasteiger partial charge in [-0.15, -0.1) is 0 Å². The molecule has 2 aromatic carbocycles. The van der Waals surface area contributed by atoms with Gasteiger partial charge in [0.05, 0.1) is 24.3 Å². The van der Waals surface area contributed by atoms with E-state index in [9.17, 15) is 14.4 Å². The number of amides is 3. The van der Waals surface area contributed by atoms with Crippen LogP contribution in [-0.2, 0) is 9.53 Å². The lowest BCUT2D eigenvalue weighted by Gasteiger charge is -2.13. The molecule has 0 aromatic heterocycles. The van der Waals surface area contributed by atoms with Gasteiger partial charge in [-0.05, 0) is 56.2 Å². The number of benzene rings is 2. The first-order valence-electron chi connectivity index (χ1n) is 9.10. The highest BCUT2D eigenvalue weighted by atomic mass is 35.5. The average molecular weight is 435 g/mol. The summed E-state index contributed by atoms with van der Waals surface area (Å²) >= 11 is 6.12. The van der Waals surface area contributed by atoms with Crippen LogP contribution >= 0.6 is 11.6 Å². The van der Waals surface area contributed by atoms with Crippen molar-refractivity contribution in [2.45, 2.75) is 20.8 Å². The van der Waals surface area contributed by atoms with Crippen LogP contribution in [0.4, 0.5) is 10.5 Å². The lowest BCUT2D eigenvalue weighted by molar-refractivity contribution is -0.123. The van der Waals surface area contributed by atoms with Gasteiger partial charge >= 0.3 is 12.0 Å². The van der Waals surface area contributed by atoms with Crippen molar-refractivity contribution in [2.75, 3.05) is 25.6 Å². The smallest absolute Gasteiger partial charge is 0.338 e. The number of halogens is 1. The van der Waals surface area contributed by atoms with E-state index in [1.165, 1.54) is 19.2 Å². The zero-order chi connectivity index (χ0) is 22.3. The summed E-state index contributed by atoms with van der Waals surface area (Å²) in [5.74, 6) is -1.02. The summed E-state index contributed by atoms with van der Waals surface area (Å²) in [6.45, 7) is 5.36. The van der Waals surface area contributed by atoms with Gasteiger partial charge in [0, 0.05) is 5.69 Å². The molecule has 2 rings (SSSR count). The van der Waals surface area contributed by atoms with E-state index in [0.29, 0.717) is 18.0 Å². The van der Waals surface area contributed by atoms with Crippen molar-refractivity contribution in [3.8, 4) is 11.5 Å². The molecule has 0 aliphatic heterocycles. The number of rotatable bonds is 7. The molecule has 0 unspecified atom stereocenters. The second-order valence-corrected chi connectivity index (χ2v) is 6.71. The van der Waals surface area contributed by atoms with Gasteiger partial charge in [-0.25, -0.2) is 9.59 Å². The number of nitrogens with one attached hydrogen (secondary N) is 2. The second-order valence-electron chi connectivity index (χ2n) is 6.30. The molecule has 0 spiro atoms. The Morgan fingerprint density at radius 3 is 2.43 bits per heavy atom. The van der Waals surface area contributed by atoms with Gasteiger partial charge in [-0.1, -0.05) is 17.7 Å². The number of aryl methyl sites for hydroxylation is 2. The van der Waals surface area contributed by atoms with Gasteiger partial charge in [-0.3, -0.25) is 10.1 Å². The molecule has 3 amide bonds. The van der Waals surface area contributed by atoms with Crippen molar-refractivity contribution < 1.29 is 28.6 Å². The van der Waals surface area contributed by atoms with Gasteiger partial charge < -0.3 is 19.5 Å². The number of esters is 1. The van der Waals surface area contributed by atoms with Crippen LogP contribution in [0.25, 0.3) is 0 Å². The summed E-state index contributed by atoms with van der Waals surface area (Å²) in [5.41, 5.74) is 2.69. The first-order valence-corrected chi connectivity index (χ1v) is 9.48. The zero-order valence-corrected chi connectivity index (χ0v) is 17.9. The normalized spacial score (nSPS) is 10.2. The number of methoxy groups -OCH3 is 1. The second kappa shape index (κ2) is 10.5. The first-order chi connectivity index (χ1) is 14.2. The molecule has 0 bridgehead atoms. The highest BCUT2D eigenvalue weighted by Gasteiger charge is 2.18. The van der Waals surface area contributed by atoms with Crippen LogP contribution in [0.15, 0.2) is 30.3 Å². The van der Waals surface area contributed by atoms with E-state index in [-0.39, 0.29) is 16.3 Å². The molecular formula is C21H23ClN2O6. The number of ether oxygens (including phenoxy) is 3. The van der Waals surface area contributed by atoms with E-state index in [4.69, 9.17) is 25.8 Å². The molecule has 30 heavy (non-hydrogen) atoms. The van der Waals surface area contributed by atoms with E-state index in [1.807, 2.05) is 19.9 Å². The number of urea groups is 1. The summed E-state index contributed by atoms with van der Waals surface area (Å²) < 4.78 is 15.5. The molecule has 0 aliphatic carbocycles. The number of carbonyl (C=O) groups is 3. The van der Waals surface area contributed by atoms with Crippen LogP contribution in [0.5, 0.6) is 11.5 Å². The summed E-state index contributed by atoms with van der Waals surface area (Å²) in [6.07, 6.45) is 0. The van der Waals surface area contributed by atoms with Gasteiger partial charge in [0.25, 0.3) is 5.91 Å². The highest BCUT2D eigenvalue weighted by Crippen LogP contribution is 2.36. The molecule has 0 heterocycles. The first kappa shape index (κ1) is 23.0. The fourth-order valence-corrected chi connectivity index (χ4v) is 2.75. The summed E-state index contributed by atoms with van der Waals surface area (Å²) in [7, 11) is 1.41. The molecule has 2 aromatic rings. The number of anilines is 1. The fourth-order valence-electron chi connectivity index (χ4n) is 2.48. The van der Waals surface area contributed by atoms with Crippen LogP contribution in [0, 0.1) is 13.8 Å². The van der Waals surface area contributed by atoms with Crippen LogP contribution in [0.1, 0.15) is 28.4 Å². The Morgan fingerprint density at radius 2 is 1.80 bits per heavy atom. The maximum atomic E-state index is 12.2. The topological polar surface area (TPSA) is 103 Å². The lowest BCUT2D eigenvalue weighted by Crippen LogP contribution is -2.37. The van der Waals surface area contributed by atoms with Crippen LogP contribution in [-0.4, -0.2) is 38.2 Å². The summed E-state index contributed by atoms with van der Waals surface area (Å²) in [4.78, 5) is 36.1. The molecule has 0 fully saturated rings. The maximum Gasteiger partial charge on any atom is 0.338 e. The van der Waals surface area contributed by atoms with Gasteiger partial charge in [0.15, 0.2) is 18.1 Å². The van der Waals surface area contributed by atoms with Crippen molar-refractivity contribution in [1.82, 2.24) is 5.32 Å². The standard InChI is InChI=1S/C21H23ClN2O6/c1-5-29-19-16(22)9-14(10-17(19)28-4)20(26)30-11-18(25)24-21(27)23-15-7-6-12(2)13(3)8-15/h6-10H,5,11H2,1-4H3,(H2,23,24,25,27). The minimum Gasteiger partial charge on any atom is -0.493 e. The number of hydrogen-bond donors (Lipinski definition) is 2. The molecule has 8 nitrogen and oxygen atoms in total. The molecule has 9 heteroatoms. The van der Waals surface area contributed by atoms with E-state index in [2.05, 4.69) is 10.6 Å². The minimum atomic E-state index is -0.803. The molecule has 0 atom stereocenters. The van der Waals surface area contributed by atoms with E-state index in [1.54, 1.807) is 19.1 Å². The third kappa shape index (κ3) is 6.12. The largest absolute Gasteiger partial charge is 0.493 e. The van der Waals surface area contributed by atoms with Crippen molar-refractivity contribution in [3.05, 3.63) is 52.0 Å². The van der Waals surface area contributed by atoms with Gasteiger partial charge in [0.1, 0.15) is 0 Å². The predicted molar refractivity (Wildman–Crippen MR) is 113 cm³/mol. The molecular weight excluding hydrogens is 412 g/mol. The fraction of sp³-hybridized carbons (Fsp3) is 0.286. The third-order valence-corrected chi connectivity index (χ3v) is 4.39. The quantitative estimate of drug-likeness (QED) is 0.641. The Labute approximate surface area is 179 Å². The van der Waals surface area contributed by atoms with Crippen LogP contribution in [0.2, 0.25) is 5.02 Å². The van der Waals surface area contributed by atoms with E-state index < -0.39 is 24.5 Å². The lowest BCUT2D eigenvalue weighted by atomic mass is 10.1. The molecule has 0 saturated heterocycles. The monoisotopic (exact) mass is 434 g/mol. The van der Waals surface area contributed by atoms with Crippen LogP contribution < -0.4 is 20.1 Å². The number of imide groups is 1. The maximum absolute atomic E-state index is 12.2. The minimum absolute atomic E-state index is 0.0766. The zero-order valence-electron chi connectivity index (χ0n) is 17.1. The Kier molecular flexibility index (Phi) is 8.06. The van der Waals surface area contributed by atoms with E-state index >= 15 is 0 Å². The van der Waals surface area contributed by atoms with Crippen molar-refractivity contribution in [3.63, 3.8) is 0 Å². The molecule has 0 saturated carbocycles. The number of hydrogen-bond acceptors (Lipinski definition) is 6. The van der Waals surface area contributed by atoms with E-state index in [0.717, 1.165) is 11.1 Å². The summed E-state index contributed by atoms with van der Waals surface area (Å²) in [6, 6.07) is 7.36. The SMILES string of the molecule is CCOc1c(Cl)cc(C(=O)OCC(=O)NC(=O)Nc2ccc(C)c(C)c2)cc1OC. The molecule has 0 aliphatic rings. The Bertz CT molecular complexity index is 961. The Hall–Kier alpha value is -3.26. The highest BCUT2D eigenvalue weighted by molar-refractivity contribution is 6.32. The molecule has 2 N–H and O–H groups in total. The van der Waals surface area contributed by atoms with Crippen LogP contribution in [0.3, 0.4) is 0 Å². The molecule has 0 radical (unpaired) electrons. The van der Waals surface area contributed by atoms with Gasteiger partial charge in [0.2, 0.25) is 0 Å². The molecule has 160 valence electrons.